The minimum atomic E-state index is 0.476. The normalized spacial score (nSPS) is 10.4. The van der Waals surface area contributed by atoms with E-state index in [4.69, 9.17) is 21.1 Å². The number of methoxy groups -OCH3 is 2. The summed E-state index contributed by atoms with van der Waals surface area (Å²) >= 11 is 6.16. The second-order valence-corrected chi connectivity index (χ2v) is 6.28. The van der Waals surface area contributed by atoms with Crippen molar-refractivity contribution in [3.8, 4) is 11.5 Å². The first kappa shape index (κ1) is 18.8. The minimum absolute atomic E-state index is 0.476. The van der Waals surface area contributed by atoms with Crippen molar-refractivity contribution in [2.45, 2.75) is 13.5 Å². The zero-order valence-corrected chi connectivity index (χ0v) is 16.2. The lowest BCUT2D eigenvalue weighted by Crippen LogP contribution is -2.06. The summed E-state index contributed by atoms with van der Waals surface area (Å²) in [7, 11) is 3.15. The quantitative estimate of drug-likeness (QED) is 0.609. The highest BCUT2D eigenvalue weighted by Gasteiger charge is 2.11. The van der Waals surface area contributed by atoms with Crippen LogP contribution in [0.4, 0.5) is 17.5 Å². The van der Waals surface area contributed by atoms with Crippen LogP contribution in [0.5, 0.6) is 11.5 Å². The van der Waals surface area contributed by atoms with Gasteiger partial charge >= 0.3 is 0 Å². The molecule has 0 aliphatic carbocycles. The van der Waals surface area contributed by atoms with Crippen LogP contribution in [0.3, 0.4) is 0 Å². The fraction of sp³-hybridized carbons (Fsp3) is 0.200. The van der Waals surface area contributed by atoms with E-state index < -0.39 is 0 Å². The number of nitrogens with zero attached hydrogens (tertiary/aromatic N) is 2. The number of halogens is 1. The molecule has 0 saturated carbocycles. The highest BCUT2D eigenvalue weighted by atomic mass is 35.5. The van der Waals surface area contributed by atoms with Crippen LogP contribution in [0.25, 0.3) is 0 Å². The van der Waals surface area contributed by atoms with E-state index in [0.717, 1.165) is 11.3 Å². The molecule has 0 aliphatic rings. The molecule has 0 fully saturated rings. The Hall–Kier alpha value is -2.99. The van der Waals surface area contributed by atoms with E-state index in [0.29, 0.717) is 40.5 Å². The van der Waals surface area contributed by atoms with Gasteiger partial charge in [-0.25, -0.2) is 4.98 Å². The Labute approximate surface area is 163 Å². The lowest BCUT2D eigenvalue weighted by molar-refractivity contribution is 0.405. The van der Waals surface area contributed by atoms with Crippen molar-refractivity contribution in [3.63, 3.8) is 0 Å². The fourth-order valence-corrected chi connectivity index (χ4v) is 2.82. The molecule has 0 amide bonds. The van der Waals surface area contributed by atoms with Gasteiger partial charge in [-0.15, -0.1) is 0 Å². The van der Waals surface area contributed by atoms with Gasteiger partial charge in [0.2, 0.25) is 5.95 Å². The Morgan fingerprint density at radius 2 is 1.70 bits per heavy atom. The van der Waals surface area contributed by atoms with Gasteiger partial charge in [0.1, 0.15) is 17.3 Å². The third-order valence-corrected chi connectivity index (χ3v) is 4.18. The molecule has 0 bridgehead atoms. The maximum absolute atomic E-state index is 6.16. The average molecular weight is 385 g/mol. The first-order valence-electron chi connectivity index (χ1n) is 8.41. The Morgan fingerprint density at radius 1 is 0.963 bits per heavy atom. The highest BCUT2D eigenvalue weighted by Crippen LogP contribution is 2.37. The first-order valence-corrected chi connectivity index (χ1v) is 8.79. The van der Waals surface area contributed by atoms with Crippen LogP contribution < -0.4 is 20.1 Å². The van der Waals surface area contributed by atoms with Gasteiger partial charge in [-0.1, -0.05) is 41.9 Å². The van der Waals surface area contributed by atoms with Gasteiger partial charge in [0.15, 0.2) is 0 Å². The van der Waals surface area contributed by atoms with Crippen LogP contribution in [0.15, 0.2) is 48.5 Å². The third kappa shape index (κ3) is 4.80. The summed E-state index contributed by atoms with van der Waals surface area (Å²) in [5.41, 5.74) is 2.69. The van der Waals surface area contributed by atoms with Gasteiger partial charge in [0.05, 0.1) is 24.9 Å². The van der Waals surface area contributed by atoms with Crippen molar-refractivity contribution in [3.05, 3.63) is 64.8 Å². The molecule has 3 rings (SSSR count). The van der Waals surface area contributed by atoms with Crippen LogP contribution in [-0.2, 0) is 6.54 Å². The second-order valence-electron chi connectivity index (χ2n) is 5.87. The minimum Gasteiger partial charge on any atom is -0.495 e. The molecule has 6 nitrogen and oxygen atoms in total. The molecule has 3 aromatic rings. The smallest absolute Gasteiger partial charge is 0.225 e. The number of hydrogen-bond donors (Lipinski definition) is 2. The number of aryl methyl sites for hydroxylation is 1. The summed E-state index contributed by atoms with van der Waals surface area (Å²) in [6.07, 6.45) is 0. The summed E-state index contributed by atoms with van der Waals surface area (Å²) < 4.78 is 10.7. The number of hydrogen-bond acceptors (Lipinski definition) is 6. The molecule has 0 saturated heterocycles. The fourth-order valence-electron chi connectivity index (χ4n) is 2.58. The van der Waals surface area contributed by atoms with Crippen molar-refractivity contribution in [2.75, 3.05) is 24.9 Å². The summed E-state index contributed by atoms with van der Waals surface area (Å²) in [5.74, 6) is 2.33. The number of anilines is 3. The van der Waals surface area contributed by atoms with Crippen molar-refractivity contribution >= 4 is 29.1 Å². The lowest BCUT2D eigenvalue weighted by Gasteiger charge is -2.14. The number of benzene rings is 2. The van der Waals surface area contributed by atoms with E-state index in [2.05, 4.69) is 20.6 Å². The number of rotatable bonds is 7. The zero-order chi connectivity index (χ0) is 19.2. The molecule has 0 radical (unpaired) electrons. The van der Waals surface area contributed by atoms with Gasteiger partial charge in [-0.05, 0) is 12.5 Å². The van der Waals surface area contributed by atoms with Crippen molar-refractivity contribution in [2.24, 2.45) is 0 Å². The van der Waals surface area contributed by atoms with Gasteiger partial charge < -0.3 is 20.1 Å². The number of nitrogens with one attached hydrogen (secondary N) is 2. The molecule has 0 aliphatic heterocycles. The molecule has 0 spiro atoms. The molecule has 2 N–H and O–H groups in total. The highest BCUT2D eigenvalue weighted by molar-refractivity contribution is 6.32. The van der Waals surface area contributed by atoms with E-state index in [1.165, 1.54) is 0 Å². The van der Waals surface area contributed by atoms with E-state index in [9.17, 15) is 0 Å². The SMILES string of the molecule is COc1cc(Nc2cc(C)nc(NCc3ccccc3)n2)c(OC)cc1Cl. The number of ether oxygens (including phenoxy) is 2. The van der Waals surface area contributed by atoms with E-state index >= 15 is 0 Å². The Kier molecular flexibility index (Phi) is 5.98. The largest absolute Gasteiger partial charge is 0.495 e. The Morgan fingerprint density at radius 3 is 2.41 bits per heavy atom. The van der Waals surface area contributed by atoms with Gasteiger partial charge in [-0.2, -0.15) is 4.98 Å². The predicted octanol–water partition coefficient (Wildman–Crippen LogP) is 4.81. The van der Waals surface area contributed by atoms with Crippen LogP contribution in [0.1, 0.15) is 11.3 Å². The molecule has 1 heterocycles. The van der Waals surface area contributed by atoms with Crippen LogP contribution in [0.2, 0.25) is 5.02 Å². The van der Waals surface area contributed by atoms with Crippen molar-refractivity contribution in [1.82, 2.24) is 9.97 Å². The average Bonchev–Trinajstić information content (AvgIpc) is 2.68. The summed E-state index contributed by atoms with van der Waals surface area (Å²) in [6.45, 7) is 2.56. The topological polar surface area (TPSA) is 68.3 Å². The molecular formula is C20H21ClN4O2. The van der Waals surface area contributed by atoms with Crippen molar-refractivity contribution < 1.29 is 9.47 Å². The summed E-state index contributed by atoms with van der Waals surface area (Å²) in [5, 5.41) is 6.97. The molecule has 2 aromatic carbocycles. The number of aromatic nitrogens is 2. The predicted molar refractivity (Wildman–Crippen MR) is 108 cm³/mol. The maximum Gasteiger partial charge on any atom is 0.225 e. The van der Waals surface area contributed by atoms with E-state index in [-0.39, 0.29) is 0 Å². The van der Waals surface area contributed by atoms with Crippen LogP contribution >= 0.6 is 11.6 Å². The Balaban J connectivity index is 1.82. The Bertz CT molecular complexity index is 919. The maximum atomic E-state index is 6.16. The van der Waals surface area contributed by atoms with Gasteiger partial charge in [0, 0.05) is 30.4 Å². The molecule has 0 atom stereocenters. The summed E-state index contributed by atoms with van der Waals surface area (Å²) in [6, 6.07) is 15.4. The van der Waals surface area contributed by atoms with E-state index in [1.807, 2.05) is 43.3 Å². The van der Waals surface area contributed by atoms with E-state index in [1.54, 1.807) is 26.4 Å². The standard InChI is InChI=1S/C20H21ClN4O2/c1-13-9-19(24-16-11-17(26-2)15(21)10-18(16)27-3)25-20(23-13)22-12-14-7-5-4-6-8-14/h4-11H,12H2,1-3H3,(H2,22,23,24,25). The molecule has 7 heteroatoms. The first-order chi connectivity index (χ1) is 13.1. The van der Waals surface area contributed by atoms with Crippen LogP contribution in [0, 0.1) is 6.92 Å². The molecule has 0 unspecified atom stereocenters. The lowest BCUT2D eigenvalue weighted by atomic mass is 10.2. The monoisotopic (exact) mass is 384 g/mol. The molecule has 1 aromatic heterocycles. The third-order valence-electron chi connectivity index (χ3n) is 3.88. The zero-order valence-electron chi connectivity index (χ0n) is 15.4. The van der Waals surface area contributed by atoms with Gasteiger partial charge in [-0.3, -0.25) is 0 Å². The molecular weight excluding hydrogens is 364 g/mol. The van der Waals surface area contributed by atoms with Gasteiger partial charge in [0.25, 0.3) is 0 Å². The second kappa shape index (κ2) is 8.60. The van der Waals surface area contributed by atoms with Crippen LogP contribution in [-0.4, -0.2) is 24.2 Å². The molecule has 140 valence electrons. The van der Waals surface area contributed by atoms with Crippen molar-refractivity contribution in [1.29, 1.82) is 0 Å². The molecule has 27 heavy (non-hydrogen) atoms. The summed E-state index contributed by atoms with van der Waals surface area (Å²) in [4.78, 5) is 8.98.